The van der Waals surface area contributed by atoms with E-state index in [0.29, 0.717) is 13.0 Å². The lowest BCUT2D eigenvalue weighted by Crippen LogP contribution is -2.61. The topological polar surface area (TPSA) is 214 Å². The van der Waals surface area contributed by atoms with Crippen molar-refractivity contribution in [1.82, 2.24) is 0 Å². The summed E-state index contributed by atoms with van der Waals surface area (Å²) in [5, 5.41) is 71.4. The van der Waals surface area contributed by atoms with Crippen molar-refractivity contribution >= 4 is 5.97 Å². The molecule has 11 unspecified atom stereocenters. The minimum Gasteiger partial charge on any atom is -0.457 e. The third kappa shape index (κ3) is 20.5. The molecule has 0 amide bonds. The van der Waals surface area contributed by atoms with Crippen LogP contribution < -0.4 is 0 Å². The van der Waals surface area contributed by atoms with Gasteiger partial charge in [0.25, 0.3) is 0 Å². The van der Waals surface area contributed by atoms with Gasteiger partial charge < -0.3 is 64.2 Å². The highest BCUT2D eigenvalue weighted by molar-refractivity contribution is 5.69. The smallest absolute Gasteiger partial charge is 0.306 e. The van der Waals surface area contributed by atoms with E-state index in [9.17, 15) is 40.5 Å². The lowest BCUT2D eigenvalue weighted by atomic mass is 9.98. The van der Waals surface area contributed by atoms with Gasteiger partial charge in [-0.1, -0.05) is 136 Å². The molecule has 2 saturated heterocycles. The Bertz CT molecular complexity index is 927. The van der Waals surface area contributed by atoms with Gasteiger partial charge >= 0.3 is 5.97 Å². The fraction of sp³-hybridized carbons (Fsp3) is 0.976. The molecule has 326 valence electrons. The summed E-state index contributed by atoms with van der Waals surface area (Å²) in [5.74, 6) is -0.398. The number of esters is 1. The molecule has 2 rings (SSSR count). The maximum atomic E-state index is 12.6. The molecular weight excluding hydrogens is 716 g/mol. The maximum Gasteiger partial charge on any atom is 0.306 e. The summed E-state index contributed by atoms with van der Waals surface area (Å²) in [4.78, 5) is 12.6. The van der Waals surface area contributed by atoms with Crippen LogP contribution in [-0.2, 0) is 33.2 Å². The van der Waals surface area contributed by atoms with Gasteiger partial charge in [0.2, 0.25) is 0 Å². The monoisotopic (exact) mass is 795 g/mol. The van der Waals surface area contributed by atoms with E-state index in [1.54, 1.807) is 0 Å². The van der Waals surface area contributed by atoms with Gasteiger partial charge in [0.05, 0.1) is 26.4 Å². The predicted molar refractivity (Wildman–Crippen MR) is 206 cm³/mol. The predicted octanol–water partition coefficient (Wildman–Crippen LogP) is 4.18. The third-order valence-electron chi connectivity index (χ3n) is 10.6. The van der Waals surface area contributed by atoms with Crippen LogP contribution in [0.4, 0.5) is 0 Å². The molecule has 55 heavy (non-hydrogen) atoms. The Labute approximate surface area is 330 Å². The van der Waals surface area contributed by atoms with Crippen LogP contribution in [0.2, 0.25) is 0 Å². The molecule has 2 aliphatic rings. The summed E-state index contributed by atoms with van der Waals surface area (Å²) in [5.41, 5.74) is 0. The highest BCUT2D eigenvalue weighted by Gasteiger charge is 2.47. The number of hydrogen-bond donors (Lipinski definition) is 7. The molecule has 0 aromatic heterocycles. The van der Waals surface area contributed by atoms with Crippen molar-refractivity contribution in [3.05, 3.63) is 0 Å². The van der Waals surface area contributed by atoms with E-state index < -0.39 is 86.7 Å². The standard InChI is InChI=1S/C41H78O14/c1-3-5-7-8-9-10-11-12-13-14-15-16-17-18-19-20-21-23-25-50-27-30(53-33(43)24-22-6-4-2)28-51-40-39(49)37(47)35(45)32(55-40)29-52-41-38(48)36(46)34(44)31(26-42)54-41/h30-32,34-42,44-49H,3-29H2,1-2H3. The fourth-order valence-electron chi connectivity index (χ4n) is 6.99. The van der Waals surface area contributed by atoms with Crippen LogP contribution in [-0.4, -0.2) is 142 Å². The summed E-state index contributed by atoms with van der Waals surface area (Å²) in [6.45, 7) is 3.51. The Kier molecular flexibility index (Phi) is 28.2. The van der Waals surface area contributed by atoms with Crippen LogP contribution in [0.5, 0.6) is 0 Å². The first-order chi connectivity index (χ1) is 26.6. The van der Waals surface area contributed by atoms with Gasteiger partial charge in [0.15, 0.2) is 12.6 Å². The Morgan fingerprint density at radius 3 is 1.47 bits per heavy atom. The van der Waals surface area contributed by atoms with E-state index in [0.717, 1.165) is 32.1 Å². The number of aliphatic hydroxyl groups excluding tert-OH is 7. The van der Waals surface area contributed by atoms with Crippen molar-refractivity contribution in [2.75, 3.05) is 33.0 Å². The molecule has 7 N–H and O–H groups in total. The van der Waals surface area contributed by atoms with Crippen LogP contribution in [0.25, 0.3) is 0 Å². The Morgan fingerprint density at radius 1 is 0.527 bits per heavy atom. The van der Waals surface area contributed by atoms with Crippen LogP contribution in [0, 0.1) is 0 Å². The summed E-state index contributed by atoms with van der Waals surface area (Å²) in [6, 6.07) is 0. The lowest BCUT2D eigenvalue weighted by Gasteiger charge is -2.42. The van der Waals surface area contributed by atoms with E-state index in [-0.39, 0.29) is 19.6 Å². The molecule has 11 atom stereocenters. The SMILES string of the molecule is CCCCCCCCCCCCCCCCCCCCOCC(COC1OC(COC2OC(CO)C(O)C(O)C2O)C(O)C(O)C1O)OC(=O)CCCCC. The minimum atomic E-state index is -1.70. The molecule has 14 heteroatoms. The van der Waals surface area contributed by atoms with Crippen LogP contribution in [0.15, 0.2) is 0 Å². The molecule has 2 heterocycles. The van der Waals surface area contributed by atoms with E-state index in [1.165, 1.54) is 96.3 Å². The van der Waals surface area contributed by atoms with Crippen LogP contribution in [0.3, 0.4) is 0 Å². The van der Waals surface area contributed by atoms with Crippen molar-refractivity contribution in [2.24, 2.45) is 0 Å². The Balaban J connectivity index is 1.68. The van der Waals surface area contributed by atoms with E-state index in [1.807, 2.05) is 6.92 Å². The first-order valence-electron chi connectivity index (χ1n) is 21.6. The number of aliphatic hydroxyl groups is 7. The molecule has 0 bridgehead atoms. The zero-order chi connectivity index (χ0) is 40.3. The van der Waals surface area contributed by atoms with Gasteiger partial charge in [-0.25, -0.2) is 0 Å². The van der Waals surface area contributed by atoms with Crippen LogP contribution >= 0.6 is 0 Å². The number of unbranched alkanes of at least 4 members (excludes halogenated alkanes) is 19. The first kappa shape index (κ1) is 50.1. The molecule has 0 radical (unpaired) electrons. The van der Waals surface area contributed by atoms with E-state index in [4.69, 9.17) is 28.4 Å². The van der Waals surface area contributed by atoms with Crippen LogP contribution in [0.1, 0.15) is 155 Å². The number of carbonyl (C=O) groups excluding carboxylic acids is 1. The minimum absolute atomic E-state index is 0.0656. The molecule has 0 aliphatic carbocycles. The molecule has 2 fully saturated rings. The summed E-state index contributed by atoms with van der Waals surface area (Å²) < 4.78 is 33.8. The molecule has 14 nitrogen and oxygen atoms in total. The van der Waals surface area contributed by atoms with Gasteiger partial charge in [0.1, 0.15) is 54.9 Å². The van der Waals surface area contributed by atoms with E-state index in [2.05, 4.69) is 6.92 Å². The maximum absolute atomic E-state index is 12.6. The second kappa shape index (κ2) is 31.0. The van der Waals surface area contributed by atoms with Gasteiger partial charge in [-0.05, 0) is 12.8 Å². The summed E-state index contributed by atoms with van der Waals surface area (Å²) >= 11 is 0. The van der Waals surface area contributed by atoms with Gasteiger partial charge in [-0.2, -0.15) is 0 Å². The Morgan fingerprint density at radius 2 is 0.964 bits per heavy atom. The Hall–Kier alpha value is -1.01. The van der Waals surface area contributed by atoms with Crippen molar-refractivity contribution in [3.8, 4) is 0 Å². The number of ether oxygens (including phenoxy) is 6. The van der Waals surface area contributed by atoms with Gasteiger partial charge in [-0.15, -0.1) is 0 Å². The summed E-state index contributed by atoms with van der Waals surface area (Å²) in [6.07, 6.45) is 9.95. The molecule has 0 saturated carbocycles. The average Bonchev–Trinajstić information content (AvgIpc) is 3.18. The largest absolute Gasteiger partial charge is 0.457 e. The van der Waals surface area contributed by atoms with Crippen molar-refractivity contribution < 1.29 is 69.0 Å². The molecule has 2 aliphatic heterocycles. The molecule has 0 spiro atoms. The zero-order valence-corrected chi connectivity index (χ0v) is 33.9. The molecule has 0 aromatic carbocycles. The third-order valence-corrected chi connectivity index (χ3v) is 10.6. The normalized spacial score (nSPS) is 29.0. The number of hydrogen-bond acceptors (Lipinski definition) is 14. The van der Waals surface area contributed by atoms with Gasteiger partial charge in [0, 0.05) is 13.0 Å². The number of rotatable bonds is 33. The van der Waals surface area contributed by atoms with Crippen molar-refractivity contribution in [2.45, 2.75) is 223 Å². The average molecular weight is 795 g/mol. The molecular formula is C41H78O14. The highest BCUT2D eigenvalue weighted by atomic mass is 16.7. The van der Waals surface area contributed by atoms with Crippen molar-refractivity contribution in [3.63, 3.8) is 0 Å². The second-order valence-electron chi connectivity index (χ2n) is 15.5. The zero-order valence-electron chi connectivity index (χ0n) is 33.9. The van der Waals surface area contributed by atoms with Crippen molar-refractivity contribution in [1.29, 1.82) is 0 Å². The quantitative estimate of drug-likeness (QED) is 0.0367. The fourth-order valence-corrected chi connectivity index (χ4v) is 6.99. The van der Waals surface area contributed by atoms with E-state index >= 15 is 0 Å². The van der Waals surface area contributed by atoms with Gasteiger partial charge in [-0.3, -0.25) is 4.79 Å². The molecule has 0 aromatic rings. The highest BCUT2D eigenvalue weighted by Crippen LogP contribution is 2.26. The first-order valence-corrected chi connectivity index (χ1v) is 21.6. The second-order valence-corrected chi connectivity index (χ2v) is 15.5. The summed E-state index contributed by atoms with van der Waals surface area (Å²) in [7, 11) is 0. The lowest BCUT2D eigenvalue weighted by molar-refractivity contribution is -0.332. The number of carbonyl (C=O) groups is 1.